The average molecular weight is 165 g/mol. The highest BCUT2D eigenvalue weighted by molar-refractivity contribution is 7.81. The van der Waals surface area contributed by atoms with Gasteiger partial charge in [-0.3, -0.25) is 4.21 Å². The molecule has 0 aromatic carbocycles. The van der Waals surface area contributed by atoms with E-state index in [1.165, 1.54) is 11.3 Å². The number of rotatable bonds is 1. The quantitative estimate of drug-likeness (QED) is 0.638. The maximum absolute atomic E-state index is 10.1. The zero-order chi connectivity index (χ0) is 5.98. The highest BCUT2D eigenvalue weighted by Crippen LogP contribution is 2.10. The summed E-state index contributed by atoms with van der Waals surface area (Å²) < 4.78 is 20.5. The second-order valence-corrected chi connectivity index (χ2v) is 3.28. The van der Waals surface area contributed by atoms with Crippen LogP contribution in [0.5, 0.6) is 0 Å². The molecular formula is C4H7NO2S2. The fraction of sp³-hybridized carbons (Fsp3) is 0. The molecule has 9 heavy (non-hydrogen) atoms. The second kappa shape index (κ2) is 3.73. The lowest BCUT2D eigenvalue weighted by atomic mass is 10.7. The van der Waals surface area contributed by atoms with Crippen LogP contribution in [0.1, 0.15) is 0 Å². The van der Waals surface area contributed by atoms with E-state index in [2.05, 4.69) is 0 Å². The van der Waals surface area contributed by atoms with Gasteiger partial charge in [0.2, 0.25) is 0 Å². The van der Waals surface area contributed by atoms with E-state index in [-0.39, 0.29) is 6.15 Å². The molecular weight excluding hydrogens is 158 g/mol. The molecule has 0 saturated heterocycles. The molecule has 0 saturated carbocycles. The van der Waals surface area contributed by atoms with E-state index in [4.69, 9.17) is 0 Å². The van der Waals surface area contributed by atoms with Gasteiger partial charge in [-0.2, -0.15) is 0 Å². The van der Waals surface area contributed by atoms with Crippen LogP contribution in [0.4, 0.5) is 0 Å². The normalized spacial score (nSPS) is 12.1. The van der Waals surface area contributed by atoms with Crippen LogP contribution < -0.4 is 6.15 Å². The Morgan fingerprint density at radius 1 is 1.67 bits per heavy atom. The third kappa shape index (κ3) is 2.23. The summed E-state index contributed by atoms with van der Waals surface area (Å²) in [4.78, 5) is 0. The largest absolute Gasteiger partial charge is 0.768 e. The van der Waals surface area contributed by atoms with E-state index >= 15 is 0 Å². The Balaban J connectivity index is 0.000000640. The fourth-order valence-corrected chi connectivity index (χ4v) is 1.48. The van der Waals surface area contributed by atoms with Crippen molar-refractivity contribution >= 4 is 22.4 Å². The van der Waals surface area contributed by atoms with Gasteiger partial charge in [0, 0.05) is 0 Å². The molecule has 1 aromatic heterocycles. The monoisotopic (exact) mass is 165 g/mol. The number of hydrogen-bond donors (Lipinski definition) is 1. The predicted octanol–water partition coefficient (Wildman–Crippen LogP) is 1.36. The van der Waals surface area contributed by atoms with Gasteiger partial charge in [-0.05, 0) is 22.5 Å². The highest BCUT2D eigenvalue weighted by Gasteiger charge is 1.87. The first-order chi connectivity index (χ1) is 3.80. The minimum atomic E-state index is -2.03. The number of thiophene rings is 1. The summed E-state index contributed by atoms with van der Waals surface area (Å²) in [5.41, 5.74) is 0. The smallest absolute Gasteiger partial charge is 0.0771 e. The molecule has 3 nitrogen and oxygen atoms in total. The molecule has 4 N–H and O–H groups in total. The summed E-state index contributed by atoms with van der Waals surface area (Å²) in [5.74, 6) is 0. The SMILES string of the molecule is O=S([O-])c1cccs1.[NH4+]. The molecule has 52 valence electrons. The summed E-state index contributed by atoms with van der Waals surface area (Å²) in [6.45, 7) is 0. The molecule has 0 aliphatic carbocycles. The number of quaternary nitrogens is 1. The summed E-state index contributed by atoms with van der Waals surface area (Å²) >= 11 is -0.811. The van der Waals surface area contributed by atoms with Crippen molar-refractivity contribution in [2.75, 3.05) is 0 Å². The van der Waals surface area contributed by atoms with Gasteiger partial charge in [0.15, 0.2) is 0 Å². The summed E-state index contributed by atoms with van der Waals surface area (Å²) in [7, 11) is 0. The van der Waals surface area contributed by atoms with Crippen molar-refractivity contribution in [1.29, 1.82) is 0 Å². The minimum Gasteiger partial charge on any atom is -0.768 e. The molecule has 0 aliphatic heterocycles. The maximum atomic E-state index is 10.1. The van der Waals surface area contributed by atoms with Crippen LogP contribution in [0.25, 0.3) is 0 Å². The van der Waals surface area contributed by atoms with Crippen LogP contribution in [-0.4, -0.2) is 8.76 Å². The van der Waals surface area contributed by atoms with Crippen molar-refractivity contribution in [2.24, 2.45) is 0 Å². The Bertz CT molecular complexity index is 184. The first-order valence-corrected chi connectivity index (χ1v) is 3.89. The van der Waals surface area contributed by atoms with Gasteiger partial charge in [0.05, 0.1) is 4.21 Å². The van der Waals surface area contributed by atoms with E-state index < -0.39 is 11.1 Å². The van der Waals surface area contributed by atoms with Crippen molar-refractivity contribution < 1.29 is 8.76 Å². The third-order valence-corrected chi connectivity index (χ3v) is 2.48. The molecule has 0 aliphatic rings. The Kier molecular flexibility index (Phi) is 3.64. The fourth-order valence-electron chi connectivity index (χ4n) is 0.358. The molecule has 1 rings (SSSR count). The molecule has 1 heterocycles. The third-order valence-electron chi connectivity index (χ3n) is 0.659. The first kappa shape index (κ1) is 8.77. The van der Waals surface area contributed by atoms with Crippen molar-refractivity contribution in [2.45, 2.75) is 4.21 Å². The average Bonchev–Trinajstić information content (AvgIpc) is 2.12. The van der Waals surface area contributed by atoms with Crippen molar-refractivity contribution in [1.82, 2.24) is 6.15 Å². The molecule has 1 unspecified atom stereocenters. The lowest BCUT2D eigenvalue weighted by Crippen LogP contribution is -1.80. The van der Waals surface area contributed by atoms with E-state index in [0.717, 1.165) is 0 Å². The van der Waals surface area contributed by atoms with E-state index in [1.54, 1.807) is 17.5 Å². The topological polar surface area (TPSA) is 76.6 Å². The molecule has 0 fully saturated rings. The van der Waals surface area contributed by atoms with Gasteiger partial charge in [-0.25, -0.2) is 0 Å². The van der Waals surface area contributed by atoms with Crippen LogP contribution in [0.2, 0.25) is 0 Å². The van der Waals surface area contributed by atoms with E-state index in [1.807, 2.05) is 0 Å². The molecule has 0 spiro atoms. The zero-order valence-electron chi connectivity index (χ0n) is 4.87. The predicted molar refractivity (Wildman–Crippen MR) is 37.5 cm³/mol. The maximum Gasteiger partial charge on any atom is 0.0771 e. The Morgan fingerprint density at radius 3 is 2.56 bits per heavy atom. The van der Waals surface area contributed by atoms with Crippen LogP contribution >= 0.6 is 11.3 Å². The lowest BCUT2D eigenvalue weighted by Gasteiger charge is -1.96. The lowest BCUT2D eigenvalue weighted by molar-refractivity contribution is 0.539. The molecule has 0 radical (unpaired) electrons. The van der Waals surface area contributed by atoms with Crippen molar-refractivity contribution in [3.8, 4) is 0 Å². The first-order valence-electron chi connectivity index (χ1n) is 1.93. The molecule has 0 bridgehead atoms. The van der Waals surface area contributed by atoms with E-state index in [9.17, 15) is 8.76 Å². The zero-order valence-corrected chi connectivity index (χ0v) is 6.50. The van der Waals surface area contributed by atoms with Gasteiger partial charge in [0.1, 0.15) is 0 Å². The second-order valence-electron chi connectivity index (χ2n) is 1.17. The highest BCUT2D eigenvalue weighted by atomic mass is 32.2. The van der Waals surface area contributed by atoms with Gasteiger partial charge in [-0.1, -0.05) is 6.07 Å². The van der Waals surface area contributed by atoms with Gasteiger partial charge in [0.25, 0.3) is 0 Å². The molecule has 0 amide bonds. The Morgan fingerprint density at radius 2 is 2.33 bits per heavy atom. The molecule has 1 atom stereocenters. The van der Waals surface area contributed by atoms with Gasteiger partial charge < -0.3 is 10.7 Å². The van der Waals surface area contributed by atoms with Gasteiger partial charge in [-0.15, -0.1) is 11.3 Å². The number of hydrogen-bond acceptors (Lipinski definition) is 3. The van der Waals surface area contributed by atoms with Crippen LogP contribution in [0, 0.1) is 0 Å². The molecule has 1 aromatic rings. The van der Waals surface area contributed by atoms with Crippen molar-refractivity contribution in [3.05, 3.63) is 17.5 Å². The molecule has 5 heteroatoms. The summed E-state index contributed by atoms with van der Waals surface area (Å²) in [6, 6.07) is 3.27. The van der Waals surface area contributed by atoms with Crippen LogP contribution in [-0.2, 0) is 11.1 Å². The van der Waals surface area contributed by atoms with Crippen LogP contribution in [0.15, 0.2) is 21.7 Å². The standard InChI is InChI=1S/C4H4O2S2.H3N/c5-8(6)4-2-1-3-7-4;/h1-3H,(H,5,6);1H3. The Labute approximate surface area is 59.6 Å². The summed E-state index contributed by atoms with van der Waals surface area (Å²) in [6.07, 6.45) is 0. The Hall–Kier alpha value is -0.230. The summed E-state index contributed by atoms with van der Waals surface area (Å²) in [5, 5.41) is 1.73. The van der Waals surface area contributed by atoms with Crippen molar-refractivity contribution in [3.63, 3.8) is 0 Å². The van der Waals surface area contributed by atoms with E-state index in [0.29, 0.717) is 4.21 Å². The van der Waals surface area contributed by atoms with Gasteiger partial charge >= 0.3 is 0 Å². The van der Waals surface area contributed by atoms with Crippen LogP contribution in [0.3, 0.4) is 0 Å². The minimum absolute atomic E-state index is 0.